The van der Waals surface area contributed by atoms with E-state index in [2.05, 4.69) is 9.97 Å². The second-order valence-electron chi connectivity index (χ2n) is 4.02. The van der Waals surface area contributed by atoms with Crippen molar-refractivity contribution in [1.29, 1.82) is 0 Å². The summed E-state index contributed by atoms with van der Waals surface area (Å²) in [4.78, 5) is 8.12. The van der Waals surface area contributed by atoms with Gasteiger partial charge < -0.3 is 0 Å². The van der Waals surface area contributed by atoms with Crippen molar-refractivity contribution in [1.82, 2.24) is 9.97 Å². The molecule has 2 rings (SSSR count). The molecule has 2 aromatic rings. The minimum absolute atomic E-state index is 0.256. The van der Waals surface area contributed by atoms with Gasteiger partial charge in [-0.2, -0.15) is 13.2 Å². The molecule has 0 atom stereocenters. The predicted octanol–water partition coefficient (Wildman–Crippen LogP) is 3.83. The number of nitrogens with zero attached hydrogens (tertiary/aromatic N) is 2. The van der Waals surface area contributed by atoms with Crippen LogP contribution in [0.25, 0.3) is 0 Å². The zero-order chi connectivity index (χ0) is 13.9. The SMILES string of the molecule is FC(F)(F)c1cccc(Cc2ncc(CCl)cn2)c1. The van der Waals surface area contributed by atoms with Crippen LogP contribution in [0.2, 0.25) is 0 Å². The summed E-state index contributed by atoms with van der Waals surface area (Å²) in [5, 5.41) is 0. The maximum absolute atomic E-state index is 12.6. The Bertz CT molecular complexity index is 553. The largest absolute Gasteiger partial charge is 0.416 e. The van der Waals surface area contributed by atoms with Gasteiger partial charge in [0.25, 0.3) is 0 Å². The molecule has 0 spiro atoms. The molecule has 0 amide bonds. The molecule has 0 unspecified atom stereocenters. The fourth-order valence-electron chi connectivity index (χ4n) is 1.58. The molecule has 1 heterocycles. The topological polar surface area (TPSA) is 25.8 Å². The lowest BCUT2D eigenvalue weighted by Gasteiger charge is -2.08. The van der Waals surface area contributed by atoms with Crippen molar-refractivity contribution in [3.05, 3.63) is 59.2 Å². The molecule has 0 N–H and O–H groups in total. The Kier molecular flexibility index (Phi) is 4.04. The van der Waals surface area contributed by atoms with E-state index >= 15 is 0 Å². The normalized spacial score (nSPS) is 11.6. The lowest BCUT2D eigenvalue weighted by Crippen LogP contribution is -2.06. The maximum Gasteiger partial charge on any atom is 0.416 e. The quantitative estimate of drug-likeness (QED) is 0.802. The molecule has 19 heavy (non-hydrogen) atoms. The minimum atomic E-state index is -4.33. The van der Waals surface area contributed by atoms with Crippen molar-refractivity contribution in [2.24, 2.45) is 0 Å². The molecule has 1 aromatic heterocycles. The molecule has 0 aliphatic rings. The summed E-state index contributed by atoms with van der Waals surface area (Å²) in [5.74, 6) is 0.775. The van der Waals surface area contributed by atoms with Crippen LogP contribution in [-0.4, -0.2) is 9.97 Å². The molecular weight excluding hydrogens is 277 g/mol. The van der Waals surface area contributed by atoms with Crippen molar-refractivity contribution < 1.29 is 13.2 Å². The van der Waals surface area contributed by atoms with Gasteiger partial charge in [-0.25, -0.2) is 9.97 Å². The first-order chi connectivity index (χ1) is 8.99. The zero-order valence-corrected chi connectivity index (χ0v) is 10.5. The lowest BCUT2D eigenvalue weighted by atomic mass is 10.1. The van der Waals surface area contributed by atoms with Crippen LogP contribution < -0.4 is 0 Å². The third kappa shape index (κ3) is 3.67. The lowest BCUT2D eigenvalue weighted by molar-refractivity contribution is -0.137. The summed E-state index contributed by atoms with van der Waals surface area (Å²) < 4.78 is 37.7. The molecule has 0 saturated heterocycles. The second kappa shape index (κ2) is 5.57. The van der Waals surface area contributed by atoms with E-state index in [0.717, 1.165) is 17.7 Å². The van der Waals surface area contributed by atoms with Crippen molar-refractivity contribution in [2.75, 3.05) is 0 Å². The zero-order valence-electron chi connectivity index (χ0n) is 9.78. The molecule has 2 nitrogen and oxygen atoms in total. The van der Waals surface area contributed by atoms with Crippen LogP contribution in [0.5, 0.6) is 0 Å². The summed E-state index contributed by atoms with van der Waals surface area (Å²) in [7, 11) is 0. The van der Waals surface area contributed by atoms with Gasteiger partial charge in [-0.15, -0.1) is 11.6 Å². The van der Waals surface area contributed by atoms with E-state index in [4.69, 9.17) is 11.6 Å². The van der Waals surface area contributed by atoms with E-state index in [1.54, 1.807) is 18.5 Å². The van der Waals surface area contributed by atoms with Gasteiger partial charge in [0.05, 0.1) is 11.4 Å². The summed E-state index contributed by atoms with van der Waals surface area (Å²) >= 11 is 5.61. The molecule has 0 radical (unpaired) electrons. The Morgan fingerprint density at radius 2 is 1.74 bits per heavy atom. The number of benzene rings is 1. The van der Waals surface area contributed by atoms with E-state index in [0.29, 0.717) is 17.3 Å². The smallest absolute Gasteiger partial charge is 0.241 e. The van der Waals surface area contributed by atoms with E-state index in [9.17, 15) is 13.2 Å². The Morgan fingerprint density at radius 3 is 2.32 bits per heavy atom. The minimum Gasteiger partial charge on any atom is -0.241 e. The van der Waals surface area contributed by atoms with Gasteiger partial charge in [0, 0.05) is 24.4 Å². The van der Waals surface area contributed by atoms with Crippen LogP contribution in [0, 0.1) is 0 Å². The molecule has 0 bridgehead atoms. The van der Waals surface area contributed by atoms with Gasteiger partial charge in [-0.1, -0.05) is 18.2 Å². The average Bonchev–Trinajstić information content (AvgIpc) is 2.39. The summed E-state index contributed by atoms with van der Waals surface area (Å²) in [5.41, 5.74) is 0.630. The maximum atomic E-state index is 12.6. The molecule has 1 aromatic carbocycles. The Labute approximate surface area is 113 Å². The Morgan fingerprint density at radius 1 is 1.05 bits per heavy atom. The molecule has 0 fully saturated rings. The number of alkyl halides is 4. The van der Waals surface area contributed by atoms with Gasteiger partial charge in [0.1, 0.15) is 5.82 Å². The highest BCUT2D eigenvalue weighted by Gasteiger charge is 2.30. The van der Waals surface area contributed by atoms with Gasteiger partial charge in [0.15, 0.2) is 0 Å². The van der Waals surface area contributed by atoms with Gasteiger partial charge in [-0.3, -0.25) is 0 Å². The molecule has 100 valence electrons. The summed E-state index contributed by atoms with van der Waals surface area (Å²) in [6.45, 7) is 0. The van der Waals surface area contributed by atoms with E-state index in [1.165, 1.54) is 6.07 Å². The summed E-state index contributed by atoms with van der Waals surface area (Å²) in [6, 6.07) is 5.15. The van der Waals surface area contributed by atoms with Crippen LogP contribution in [0.3, 0.4) is 0 Å². The van der Waals surface area contributed by atoms with E-state index < -0.39 is 11.7 Å². The van der Waals surface area contributed by atoms with Gasteiger partial charge >= 0.3 is 6.18 Å². The highest BCUT2D eigenvalue weighted by molar-refractivity contribution is 6.17. The first-order valence-corrected chi connectivity index (χ1v) is 6.04. The third-order valence-electron chi connectivity index (χ3n) is 2.53. The molecule has 0 aliphatic carbocycles. The highest BCUT2D eigenvalue weighted by Crippen LogP contribution is 2.29. The highest BCUT2D eigenvalue weighted by atomic mass is 35.5. The number of rotatable bonds is 3. The van der Waals surface area contributed by atoms with Crippen molar-refractivity contribution in [3.63, 3.8) is 0 Å². The number of hydrogen-bond acceptors (Lipinski definition) is 2. The monoisotopic (exact) mass is 286 g/mol. The first-order valence-electron chi connectivity index (χ1n) is 5.51. The fraction of sp³-hybridized carbons (Fsp3) is 0.231. The molecule has 0 aliphatic heterocycles. The molecular formula is C13H10ClF3N2. The van der Waals surface area contributed by atoms with Crippen LogP contribution >= 0.6 is 11.6 Å². The predicted molar refractivity (Wildman–Crippen MR) is 65.8 cm³/mol. The molecule has 0 saturated carbocycles. The standard InChI is InChI=1S/C13H10ClF3N2/c14-6-10-7-18-12(19-8-10)5-9-2-1-3-11(4-9)13(15,16)17/h1-4,7-8H,5-6H2. The number of aromatic nitrogens is 2. The van der Waals surface area contributed by atoms with Crippen molar-refractivity contribution in [3.8, 4) is 0 Å². The molecule has 6 heteroatoms. The van der Waals surface area contributed by atoms with Crippen LogP contribution in [0.15, 0.2) is 36.7 Å². The average molecular weight is 287 g/mol. The van der Waals surface area contributed by atoms with Crippen LogP contribution in [0.4, 0.5) is 13.2 Å². The van der Waals surface area contributed by atoms with Gasteiger partial charge in [0.2, 0.25) is 0 Å². The Hall–Kier alpha value is -1.62. The van der Waals surface area contributed by atoms with Gasteiger partial charge in [-0.05, 0) is 11.6 Å². The second-order valence-corrected chi connectivity index (χ2v) is 4.28. The first kappa shape index (κ1) is 13.8. The summed E-state index contributed by atoms with van der Waals surface area (Å²) in [6.07, 6.45) is -0.933. The van der Waals surface area contributed by atoms with E-state index in [-0.39, 0.29) is 6.42 Å². The van der Waals surface area contributed by atoms with Crippen molar-refractivity contribution in [2.45, 2.75) is 18.5 Å². The number of halogens is 4. The number of hydrogen-bond donors (Lipinski definition) is 0. The Balaban J connectivity index is 2.18. The van der Waals surface area contributed by atoms with E-state index in [1.807, 2.05) is 0 Å². The third-order valence-corrected chi connectivity index (χ3v) is 2.84. The fourth-order valence-corrected chi connectivity index (χ4v) is 1.72. The van der Waals surface area contributed by atoms with Crippen LogP contribution in [0.1, 0.15) is 22.5 Å². The van der Waals surface area contributed by atoms with Crippen molar-refractivity contribution >= 4 is 11.6 Å². The van der Waals surface area contributed by atoms with Crippen LogP contribution in [-0.2, 0) is 18.5 Å².